The largest absolute Gasteiger partial charge is 0.444 e. The van der Waals surface area contributed by atoms with E-state index in [2.05, 4.69) is 10.1 Å². The van der Waals surface area contributed by atoms with Crippen LogP contribution in [0.25, 0.3) is 11.4 Å². The van der Waals surface area contributed by atoms with E-state index in [9.17, 15) is 9.59 Å². The molecule has 8 heteroatoms. The van der Waals surface area contributed by atoms with Crippen LogP contribution in [0, 0.1) is 0 Å². The van der Waals surface area contributed by atoms with Gasteiger partial charge in [-0.3, -0.25) is 4.79 Å². The van der Waals surface area contributed by atoms with Crippen molar-refractivity contribution >= 4 is 17.7 Å². The molecule has 0 aliphatic carbocycles. The second kappa shape index (κ2) is 7.98. The molecular weight excluding hydrogens is 396 g/mol. The lowest BCUT2D eigenvalue weighted by Gasteiger charge is -2.32. The highest BCUT2D eigenvalue weighted by atomic mass is 16.6. The lowest BCUT2D eigenvalue weighted by molar-refractivity contribution is -0.117. The third kappa shape index (κ3) is 4.43. The number of anilines is 1. The number of fused-ring (bicyclic) bond motifs is 1. The van der Waals surface area contributed by atoms with Crippen molar-refractivity contribution in [2.45, 2.75) is 71.4 Å². The predicted molar refractivity (Wildman–Crippen MR) is 116 cm³/mol. The fourth-order valence-corrected chi connectivity index (χ4v) is 4.18. The van der Waals surface area contributed by atoms with Gasteiger partial charge < -0.3 is 19.1 Å². The van der Waals surface area contributed by atoms with Gasteiger partial charge in [0.1, 0.15) is 5.60 Å². The molecule has 0 bridgehead atoms. The van der Waals surface area contributed by atoms with Crippen molar-refractivity contribution in [2.24, 2.45) is 0 Å². The first-order valence-corrected chi connectivity index (χ1v) is 10.9. The summed E-state index contributed by atoms with van der Waals surface area (Å²) in [6.45, 7) is 10.8. The minimum Gasteiger partial charge on any atom is -0.444 e. The smallest absolute Gasteiger partial charge is 0.410 e. The Balaban J connectivity index is 1.44. The van der Waals surface area contributed by atoms with E-state index in [1.165, 1.54) is 0 Å². The summed E-state index contributed by atoms with van der Waals surface area (Å²) < 4.78 is 11.0. The minimum absolute atomic E-state index is 0.0972. The normalized spacial score (nSPS) is 17.4. The number of carbonyl (C=O) groups is 2. The van der Waals surface area contributed by atoms with Crippen molar-refractivity contribution in [3.63, 3.8) is 0 Å². The average Bonchev–Trinajstić information content (AvgIpc) is 3.30. The molecule has 2 aromatic rings. The highest BCUT2D eigenvalue weighted by molar-refractivity contribution is 6.02. The van der Waals surface area contributed by atoms with Crippen molar-refractivity contribution in [1.29, 1.82) is 0 Å². The molecular formula is C23H30N4O4. The standard InChI is InChI=1S/C23H30N4O4/c1-14(2)27-18-12-17(7-6-16(18)13-19(27)28)20-24-21(31-25-20)15-8-10-26(11-9-15)22(29)30-23(3,4)5/h6-7,12,14-15H,8-11,13H2,1-5H3. The second-order valence-corrected chi connectivity index (χ2v) is 9.58. The molecule has 2 aliphatic rings. The van der Waals surface area contributed by atoms with Crippen LogP contribution < -0.4 is 4.90 Å². The van der Waals surface area contributed by atoms with Crippen LogP contribution in [-0.2, 0) is 16.0 Å². The van der Waals surface area contributed by atoms with E-state index in [1.807, 2.05) is 57.7 Å². The summed E-state index contributed by atoms with van der Waals surface area (Å²) >= 11 is 0. The summed E-state index contributed by atoms with van der Waals surface area (Å²) in [5.41, 5.74) is 2.29. The van der Waals surface area contributed by atoms with Gasteiger partial charge >= 0.3 is 6.09 Å². The van der Waals surface area contributed by atoms with Gasteiger partial charge in [0.25, 0.3) is 0 Å². The Kier molecular flexibility index (Phi) is 5.49. The molecule has 1 saturated heterocycles. The molecule has 3 heterocycles. The maximum atomic E-state index is 12.3. The van der Waals surface area contributed by atoms with Crippen LogP contribution in [0.15, 0.2) is 22.7 Å². The third-order valence-electron chi connectivity index (χ3n) is 5.67. The number of hydrogen-bond donors (Lipinski definition) is 0. The van der Waals surface area contributed by atoms with E-state index in [0.717, 1.165) is 29.7 Å². The first kappa shape index (κ1) is 21.3. The summed E-state index contributed by atoms with van der Waals surface area (Å²) in [6, 6.07) is 5.98. The molecule has 0 radical (unpaired) electrons. The number of rotatable bonds is 3. The molecule has 166 valence electrons. The van der Waals surface area contributed by atoms with E-state index in [1.54, 1.807) is 4.90 Å². The van der Waals surface area contributed by atoms with Crippen LogP contribution in [-0.4, -0.2) is 51.8 Å². The Hall–Kier alpha value is -2.90. The zero-order valence-electron chi connectivity index (χ0n) is 18.8. The van der Waals surface area contributed by atoms with Gasteiger partial charge in [-0.1, -0.05) is 17.3 Å². The molecule has 2 aliphatic heterocycles. The Morgan fingerprint density at radius 2 is 1.94 bits per heavy atom. The topological polar surface area (TPSA) is 88.8 Å². The zero-order valence-corrected chi connectivity index (χ0v) is 18.8. The monoisotopic (exact) mass is 426 g/mol. The summed E-state index contributed by atoms with van der Waals surface area (Å²) in [5, 5.41) is 4.18. The van der Waals surface area contributed by atoms with Crippen LogP contribution in [0.2, 0.25) is 0 Å². The number of carbonyl (C=O) groups excluding carboxylic acids is 2. The maximum Gasteiger partial charge on any atom is 0.410 e. The lowest BCUT2D eigenvalue weighted by atomic mass is 9.97. The van der Waals surface area contributed by atoms with Crippen molar-refractivity contribution in [3.8, 4) is 11.4 Å². The van der Waals surface area contributed by atoms with E-state index < -0.39 is 5.60 Å². The summed E-state index contributed by atoms with van der Waals surface area (Å²) in [5.74, 6) is 1.35. The zero-order chi connectivity index (χ0) is 22.3. The van der Waals surface area contributed by atoms with Crippen LogP contribution in [0.1, 0.15) is 64.8 Å². The molecule has 1 fully saturated rings. The number of aromatic nitrogens is 2. The summed E-state index contributed by atoms with van der Waals surface area (Å²) in [4.78, 5) is 32.8. The molecule has 2 amide bonds. The number of ether oxygens (including phenoxy) is 1. The van der Waals surface area contributed by atoms with Gasteiger partial charge in [-0.25, -0.2) is 4.79 Å². The van der Waals surface area contributed by atoms with Crippen molar-refractivity contribution < 1.29 is 18.8 Å². The third-order valence-corrected chi connectivity index (χ3v) is 5.67. The highest BCUT2D eigenvalue weighted by Gasteiger charge is 2.32. The quantitative estimate of drug-likeness (QED) is 0.733. The maximum absolute atomic E-state index is 12.3. The number of nitrogens with zero attached hydrogens (tertiary/aromatic N) is 4. The van der Waals surface area contributed by atoms with Crippen molar-refractivity contribution in [3.05, 3.63) is 29.7 Å². The first-order valence-electron chi connectivity index (χ1n) is 10.9. The minimum atomic E-state index is -0.499. The van der Waals surface area contributed by atoms with E-state index in [0.29, 0.717) is 31.2 Å². The van der Waals surface area contributed by atoms with Gasteiger partial charge in [-0.2, -0.15) is 4.98 Å². The molecule has 1 aromatic heterocycles. The number of piperidine rings is 1. The van der Waals surface area contributed by atoms with Crippen LogP contribution in [0.3, 0.4) is 0 Å². The Morgan fingerprint density at radius 1 is 1.23 bits per heavy atom. The molecule has 8 nitrogen and oxygen atoms in total. The van der Waals surface area contributed by atoms with Crippen LogP contribution in [0.4, 0.5) is 10.5 Å². The fourth-order valence-electron chi connectivity index (χ4n) is 4.18. The molecule has 4 rings (SSSR count). The van der Waals surface area contributed by atoms with Crippen molar-refractivity contribution in [2.75, 3.05) is 18.0 Å². The van der Waals surface area contributed by atoms with Gasteiger partial charge in [-0.05, 0) is 59.1 Å². The molecule has 0 saturated carbocycles. The second-order valence-electron chi connectivity index (χ2n) is 9.58. The fraction of sp³-hybridized carbons (Fsp3) is 0.565. The number of benzene rings is 1. The van der Waals surface area contributed by atoms with Crippen molar-refractivity contribution in [1.82, 2.24) is 15.0 Å². The molecule has 31 heavy (non-hydrogen) atoms. The molecule has 0 atom stereocenters. The van der Waals surface area contributed by atoms with E-state index in [4.69, 9.17) is 9.26 Å². The average molecular weight is 427 g/mol. The Bertz CT molecular complexity index is 984. The number of hydrogen-bond acceptors (Lipinski definition) is 6. The SMILES string of the molecule is CC(C)N1C(=O)Cc2ccc(-c3noc(C4CCN(C(=O)OC(C)(C)C)CC4)n3)cc21. The molecule has 0 spiro atoms. The molecule has 0 N–H and O–H groups in total. The number of amides is 2. The Morgan fingerprint density at radius 3 is 2.58 bits per heavy atom. The van der Waals surface area contributed by atoms with Gasteiger partial charge in [0.15, 0.2) is 0 Å². The van der Waals surface area contributed by atoms with Gasteiger partial charge in [0, 0.05) is 36.3 Å². The van der Waals surface area contributed by atoms with E-state index in [-0.39, 0.29) is 24.0 Å². The van der Waals surface area contributed by atoms with E-state index >= 15 is 0 Å². The van der Waals surface area contributed by atoms with Crippen LogP contribution >= 0.6 is 0 Å². The highest BCUT2D eigenvalue weighted by Crippen LogP contribution is 2.35. The van der Waals surface area contributed by atoms with Gasteiger partial charge in [0.05, 0.1) is 6.42 Å². The molecule has 0 unspecified atom stereocenters. The molecule has 1 aromatic carbocycles. The summed E-state index contributed by atoms with van der Waals surface area (Å²) in [7, 11) is 0. The first-order chi connectivity index (χ1) is 14.6. The Labute approximate surface area is 182 Å². The lowest BCUT2D eigenvalue weighted by Crippen LogP contribution is -2.41. The number of likely N-dealkylation sites (tertiary alicyclic amines) is 1. The van der Waals surface area contributed by atoms with Gasteiger partial charge in [0.2, 0.25) is 17.6 Å². The van der Waals surface area contributed by atoms with Crippen LogP contribution in [0.5, 0.6) is 0 Å². The predicted octanol–water partition coefficient (Wildman–Crippen LogP) is 4.15. The summed E-state index contributed by atoms with van der Waals surface area (Å²) in [6.07, 6.45) is 1.66. The van der Waals surface area contributed by atoms with Gasteiger partial charge in [-0.15, -0.1) is 0 Å².